The van der Waals surface area contributed by atoms with E-state index in [0.29, 0.717) is 17.0 Å². The minimum absolute atomic E-state index is 0.000737. The highest BCUT2D eigenvalue weighted by atomic mass is 32.2. The normalized spacial score (nSPS) is 14.1. The highest BCUT2D eigenvalue weighted by Gasteiger charge is 2.22. The number of rotatable bonds is 9. The minimum Gasteiger partial charge on any atom is -0.484 e. The zero-order valence-electron chi connectivity index (χ0n) is 20.4. The Morgan fingerprint density at radius 3 is 2.43 bits per heavy atom. The van der Waals surface area contributed by atoms with Crippen LogP contribution in [0.3, 0.4) is 0 Å². The first-order chi connectivity index (χ1) is 16.6. The molecule has 188 valence electrons. The van der Waals surface area contributed by atoms with Crippen LogP contribution in [0.25, 0.3) is 0 Å². The van der Waals surface area contributed by atoms with Gasteiger partial charge in [-0.15, -0.1) is 0 Å². The Morgan fingerprint density at radius 2 is 1.77 bits per heavy atom. The first kappa shape index (κ1) is 26.2. The van der Waals surface area contributed by atoms with Crippen molar-refractivity contribution >= 4 is 33.7 Å². The van der Waals surface area contributed by atoms with E-state index < -0.39 is 22.5 Å². The maximum atomic E-state index is 12.4. The van der Waals surface area contributed by atoms with Crippen LogP contribution in [0.2, 0.25) is 0 Å². The summed E-state index contributed by atoms with van der Waals surface area (Å²) in [6.45, 7) is 4.88. The Kier molecular flexibility index (Phi) is 8.86. The van der Waals surface area contributed by atoms with E-state index in [4.69, 9.17) is 4.74 Å². The lowest BCUT2D eigenvalue weighted by Crippen LogP contribution is -2.39. The van der Waals surface area contributed by atoms with Gasteiger partial charge in [-0.1, -0.05) is 12.1 Å². The fourth-order valence-corrected chi connectivity index (χ4v) is 4.67. The van der Waals surface area contributed by atoms with Gasteiger partial charge in [-0.3, -0.25) is 13.9 Å². The Labute approximate surface area is 206 Å². The number of hydrogen-bond acceptors (Lipinski definition) is 6. The number of anilines is 1. The van der Waals surface area contributed by atoms with Gasteiger partial charge in [0.2, 0.25) is 10.0 Å². The van der Waals surface area contributed by atoms with Crippen molar-refractivity contribution in [3.8, 4) is 5.75 Å². The Hall–Kier alpha value is -3.40. The van der Waals surface area contributed by atoms with E-state index in [1.165, 1.54) is 6.21 Å². The third-order valence-electron chi connectivity index (χ3n) is 5.89. The average molecular weight is 501 g/mol. The molecule has 2 aromatic rings. The highest BCUT2D eigenvalue weighted by Crippen LogP contribution is 2.24. The molecular weight excluding hydrogens is 468 g/mol. The van der Waals surface area contributed by atoms with Crippen LogP contribution in [0.5, 0.6) is 5.75 Å². The van der Waals surface area contributed by atoms with Crippen LogP contribution in [0, 0.1) is 13.8 Å². The number of benzene rings is 2. The van der Waals surface area contributed by atoms with Crippen molar-refractivity contribution < 1.29 is 22.7 Å². The van der Waals surface area contributed by atoms with Crippen LogP contribution >= 0.6 is 0 Å². The molecule has 9 nitrogen and oxygen atoms in total. The molecule has 1 aliphatic heterocycles. The zero-order chi connectivity index (χ0) is 25.4. The molecule has 1 aliphatic rings. The molecule has 2 amide bonds. The van der Waals surface area contributed by atoms with Crippen molar-refractivity contribution in [2.24, 2.45) is 5.10 Å². The van der Waals surface area contributed by atoms with Gasteiger partial charge in [0.15, 0.2) is 6.61 Å². The van der Waals surface area contributed by atoms with Crippen LogP contribution in [0.1, 0.15) is 36.0 Å². The monoisotopic (exact) mass is 500 g/mol. The molecule has 0 radical (unpaired) electrons. The molecule has 0 aliphatic carbocycles. The Balaban J connectivity index is 1.53. The van der Waals surface area contributed by atoms with E-state index in [0.717, 1.165) is 54.0 Å². The quantitative estimate of drug-likeness (QED) is 0.421. The van der Waals surface area contributed by atoms with Gasteiger partial charge in [-0.05, 0) is 80.1 Å². The SMILES string of the molecule is Cc1cccc(N(CC(=O)N/N=C/c2ccc(OCC(=O)N3CCCCC3)cc2)S(C)(=O)=O)c1C. The summed E-state index contributed by atoms with van der Waals surface area (Å²) in [5.41, 5.74) is 5.25. The molecule has 35 heavy (non-hydrogen) atoms. The number of amides is 2. The molecule has 0 saturated carbocycles. The second-order valence-electron chi connectivity index (χ2n) is 8.58. The summed E-state index contributed by atoms with van der Waals surface area (Å²) in [6.07, 6.45) is 5.75. The third-order valence-corrected chi connectivity index (χ3v) is 7.01. The summed E-state index contributed by atoms with van der Waals surface area (Å²) in [5.74, 6) is -0.0142. The first-order valence-electron chi connectivity index (χ1n) is 11.5. The van der Waals surface area contributed by atoms with Gasteiger partial charge >= 0.3 is 0 Å². The van der Waals surface area contributed by atoms with Gasteiger partial charge in [-0.2, -0.15) is 5.10 Å². The fraction of sp³-hybridized carbons (Fsp3) is 0.400. The molecule has 10 heteroatoms. The highest BCUT2D eigenvalue weighted by molar-refractivity contribution is 7.92. The number of nitrogens with zero attached hydrogens (tertiary/aromatic N) is 3. The topological polar surface area (TPSA) is 108 Å². The number of sulfonamides is 1. The van der Waals surface area contributed by atoms with E-state index in [1.807, 2.05) is 24.8 Å². The summed E-state index contributed by atoms with van der Waals surface area (Å²) >= 11 is 0. The number of aryl methyl sites for hydroxylation is 1. The lowest BCUT2D eigenvalue weighted by molar-refractivity contribution is -0.134. The number of hydrogen-bond donors (Lipinski definition) is 1. The first-order valence-corrected chi connectivity index (χ1v) is 13.4. The van der Waals surface area contributed by atoms with E-state index in [2.05, 4.69) is 10.5 Å². The summed E-state index contributed by atoms with van der Waals surface area (Å²) in [5, 5.41) is 3.93. The number of ether oxygens (including phenoxy) is 1. The lowest BCUT2D eigenvalue weighted by atomic mass is 10.1. The summed E-state index contributed by atoms with van der Waals surface area (Å²) in [7, 11) is -3.67. The van der Waals surface area contributed by atoms with Crippen molar-refractivity contribution in [2.45, 2.75) is 33.1 Å². The molecule has 1 saturated heterocycles. The molecule has 1 fully saturated rings. The van der Waals surface area contributed by atoms with E-state index in [1.54, 1.807) is 36.4 Å². The number of carbonyl (C=O) groups excluding carboxylic acids is 2. The molecule has 1 heterocycles. The molecule has 0 spiro atoms. The van der Waals surface area contributed by atoms with Gasteiger partial charge in [0, 0.05) is 13.1 Å². The van der Waals surface area contributed by atoms with E-state index >= 15 is 0 Å². The van der Waals surface area contributed by atoms with Crippen molar-refractivity contribution in [1.82, 2.24) is 10.3 Å². The molecule has 0 unspecified atom stereocenters. The van der Waals surface area contributed by atoms with Crippen molar-refractivity contribution in [3.63, 3.8) is 0 Å². The van der Waals surface area contributed by atoms with Crippen molar-refractivity contribution in [3.05, 3.63) is 59.2 Å². The van der Waals surface area contributed by atoms with E-state index in [-0.39, 0.29) is 12.5 Å². The second kappa shape index (κ2) is 11.8. The Morgan fingerprint density at radius 1 is 1.09 bits per heavy atom. The number of likely N-dealkylation sites (tertiary alicyclic amines) is 1. The van der Waals surface area contributed by atoms with Gasteiger partial charge in [0.05, 0.1) is 18.2 Å². The minimum atomic E-state index is -3.67. The van der Waals surface area contributed by atoms with Crippen molar-refractivity contribution in [1.29, 1.82) is 0 Å². The predicted molar refractivity (Wildman–Crippen MR) is 136 cm³/mol. The summed E-state index contributed by atoms with van der Waals surface area (Å²) in [6, 6.07) is 12.2. The molecule has 1 N–H and O–H groups in total. The van der Waals surface area contributed by atoms with Crippen LogP contribution < -0.4 is 14.5 Å². The van der Waals surface area contributed by atoms with Gasteiger partial charge in [0.1, 0.15) is 12.3 Å². The molecule has 2 aromatic carbocycles. The van der Waals surface area contributed by atoms with Crippen LogP contribution in [-0.4, -0.2) is 63.8 Å². The van der Waals surface area contributed by atoms with E-state index in [9.17, 15) is 18.0 Å². The summed E-state index contributed by atoms with van der Waals surface area (Å²) in [4.78, 5) is 26.4. The van der Waals surface area contributed by atoms with Gasteiger partial charge in [-0.25, -0.2) is 13.8 Å². The van der Waals surface area contributed by atoms with Crippen molar-refractivity contribution in [2.75, 3.05) is 36.8 Å². The van der Waals surface area contributed by atoms with Crippen LogP contribution in [-0.2, 0) is 19.6 Å². The van der Waals surface area contributed by atoms with Crippen LogP contribution in [0.15, 0.2) is 47.6 Å². The molecular formula is C25H32N4O5S. The third kappa shape index (κ3) is 7.54. The van der Waals surface area contributed by atoms with Gasteiger partial charge in [0.25, 0.3) is 11.8 Å². The molecule has 3 rings (SSSR count). The number of carbonyl (C=O) groups is 2. The number of nitrogens with one attached hydrogen (secondary N) is 1. The largest absolute Gasteiger partial charge is 0.484 e. The number of piperidine rings is 1. The molecule has 0 atom stereocenters. The van der Waals surface area contributed by atoms with Crippen LogP contribution in [0.4, 0.5) is 5.69 Å². The second-order valence-corrected chi connectivity index (χ2v) is 10.5. The molecule has 0 bridgehead atoms. The Bertz CT molecular complexity index is 1170. The lowest BCUT2D eigenvalue weighted by Gasteiger charge is -2.26. The predicted octanol–water partition coefficient (Wildman–Crippen LogP) is 2.61. The summed E-state index contributed by atoms with van der Waals surface area (Å²) < 4.78 is 31.3. The molecule has 0 aromatic heterocycles. The maximum Gasteiger partial charge on any atom is 0.260 e. The standard InChI is InChI=1S/C25H32N4O5S/c1-19-8-7-9-23(20(19)2)29(35(3,32)33)17-24(30)27-26-16-21-10-12-22(13-11-21)34-18-25(31)28-14-5-4-6-15-28/h7-13,16H,4-6,14-15,17-18H2,1-3H3,(H,27,30)/b26-16+. The van der Waals surface area contributed by atoms with Gasteiger partial charge < -0.3 is 9.64 Å². The zero-order valence-corrected chi connectivity index (χ0v) is 21.2. The fourth-order valence-electron chi connectivity index (χ4n) is 3.76. The smallest absolute Gasteiger partial charge is 0.260 e. The average Bonchev–Trinajstić information content (AvgIpc) is 2.83. The number of hydrazone groups is 1. The maximum absolute atomic E-state index is 12.4.